The van der Waals surface area contributed by atoms with Gasteiger partial charge in [0.05, 0.1) is 0 Å². The predicted molar refractivity (Wildman–Crippen MR) is 99.1 cm³/mol. The zero-order chi connectivity index (χ0) is 14.8. The number of benzene rings is 2. The lowest BCUT2D eigenvalue weighted by atomic mass is 9.76. The van der Waals surface area contributed by atoms with Crippen molar-refractivity contribution < 1.29 is 10.2 Å². The van der Waals surface area contributed by atoms with Crippen LogP contribution in [-0.4, -0.2) is 10.2 Å². The Hall–Kier alpha value is -0.500. The van der Waals surface area contributed by atoms with Crippen LogP contribution in [0.5, 0.6) is 11.5 Å². The molecule has 0 aromatic heterocycles. The molecular formula is C17H14I2O2. The number of rotatable bonds is 0. The summed E-state index contributed by atoms with van der Waals surface area (Å²) in [5.41, 5.74) is 4.46. The van der Waals surface area contributed by atoms with Crippen LogP contribution in [0, 0.1) is 7.14 Å². The Bertz CT molecular complexity index is 702. The molecule has 0 saturated heterocycles. The van der Waals surface area contributed by atoms with Gasteiger partial charge in [-0.15, -0.1) is 0 Å². The maximum absolute atomic E-state index is 10.5. The van der Waals surface area contributed by atoms with E-state index in [-0.39, 0.29) is 5.41 Å². The Labute approximate surface area is 150 Å². The molecule has 0 bridgehead atoms. The lowest BCUT2D eigenvalue weighted by Gasteiger charge is -2.28. The summed E-state index contributed by atoms with van der Waals surface area (Å²) >= 11 is 4.70. The minimum absolute atomic E-state index is 0.193. The second-order valence-corrected chi connectivity index (χ2v) is 8.25. The number of fused-ring (bicyclic) bond motifs is 4. The van der Waals surface area contributed by atoms with Crippen molar-refractivity contribution in [3.05, 3.63) is 53.7 Å². The molecule has 0 fully saturated rings. The number of phenolic OH excluding ortho intramolecular Hbond substituents is 2. The summed E-state index contributed by atoms with van der Waals surface area (Å²) in [4.78, 5) is 0. The van der Waals surface area contributed by atoms with E-state index in [0.29, 0.717) is 11.5 Å². The summed E-state index contributed by atoms with van der Waals surface area (Å²) in [5.74, 6) is 0.767. The van der Waals surface area contributed by atoms with E-state index in [4.69, 9.17) is 0 Å². The molecule has 2 nitrogen and oxygen atoms in total. The van der Waals surface area contributed by atoms with E-state index in [2.05, 4.69) is 45.2 Å². The number of halogens is 2. The maximum atomic E-state index is 10.5. The van der Waals surface area contributed by atoms with Crippen molar-refractivity contribution in [2.24, 2.45) is 0 Å². The first-order valence-electron chi connectivity index (χ1n) is 7.06. The van der Waals surface area contributed by atoms with Gasteiger partial charge in [0, 0.05) is 23.7 Å². The molecule has 2 aromatic carbocycles. The van der Waals surface area contributed by atoms with E-state index in [0.717, 1.165) is 36.8 Å². The van der Waals surface area contributed by atoms with E-state index >= 15 is 0 Å². The molecule has 0 heterocycles. The third-order valence-electron chi connectivity index (χ3n) is 5.03. The van der Waals surface area contributed by atoms with E-state index in [1.807, 2.05) is 12.1 Å². The van der Waals surface area contributed by atoms with E-state index < -0.39 is 0 Å². The van der Waals surface area contributed by atoms with Crippen molar-refractivity contribution in [3.63, 3.8) is 0 Å². The quantitative estimate of drug-likeness (QED) is 0.520. The molecule has 4 heteroatoms. The van der Waals surface area contributed by atoms with Crippen molar-refractivity contribution in [3.8, 4) is 11.5 Å². The van der Waals surface area contributed by atoms with E-state index in [1.165, 1.54) is 18.3 Å². The maximum Gasteiger partial charge on any atom is 0.120 e. The molecule has 0 saturated carbocycles. The van der Waals surface area contributed by atoms with Crippen LogP contribution in [0.1, 0.15) is 35.1 Å². The number of hydrogen-bond acceptors (Lipinski definition) is 2. The molecule has 2 aliphatic carbocycles. The molecule has 108 valence electrons. The molecule has 0 aliphatic heterocycles. The molecule has 2 aromatic rings. The SMILES string of the molecule is Oc1ccc(I)c2c1C1(CC2)CCc2c(I)ccc(O)c21. The second-order valence-electron chi connectivity index (χ2n) is 5.92. The molecule has 2 N–H and O–H groups in total. The van der Waals surface area contributed by atoms with Gasteiger partial charge in [0.2, 0.25) is 0 Å². The molecule has 0 atom stereocenters. The average Bonchev–Trinajstić information content (AvgIpc) is 3.04. The van der Waals surface area contributed by atoms with Crippen LogP contribution < -0.4 is 0 Å². The van der Waals surface area contributed by atoms with Gasteiger partial charge in [0.25, 0.3) is 0 Å². The highest BCUT2D eigenvalue weighted by Gasteiger charge is 2.49. The third kappa shape index (κ3) is 1.81. The Morgan fingerprint density at radius 2 is 1.19 bits per heavy atom. The van der Waals surface area contributed by atoms with Gasteiger partial charge in [0.1, 0.15) is 11.5 Å². The van der Waals surface area contributed by atoms with Crippen LogP contribution in [0.25, 0.3) is 0 Å². The monoisotopic (exact) mass is 504 g/mol. The smallest absolute Gasteiger partial charge is 0.120 e. The predicted octanol–water partition coefficient (Wildman–Crippen LogP) is 4.49. The molecule has 0 radical (unpaired) electrons. The van der Waals surface area contributed by atoms with Gasteiger partial charge >= 0.3 is 0 Å². The standard InChI is InChI=1S/C17H14I2O2/c18-11-1-3-13(20)15-9(11)5-7-17(15)8-6-10-12(19)2-4-14(21)16(10)17/h1-4,20-21H,5-8H2. The fraction of sp³-hybridized carbons (Fsp3) is 0.294. The highest BCUT2D eigenvalue weighted by molar-refractivity contribution is 14.1. The third-order valence-corrected chi connectivity index (χ3v) is 7.05. The van der Waals surface area contributed by atoms with Crippen molar-refractivity contribution in [2.45, 2.75) is 31.1 Å². The highest BCUT2D eigenvalue weighted by atomic mass is 127. The molecule has 0 amide bonds. The average molecular weight is 504 g/mol. The number of aromatic hydroxyl groups is 2. The first kappa shape index (κ1) is 14.1. The van der Waals surface area contributed by atoms with Gasteiger partial charge < -0.3 is 10.2 Å². The Kier molecular flexibility index (Phi) is 3.19. The largest absolute Gasteiger partial charge is 0.508 e. The van der Waals surface area contributed by atoms with Crippen molar-refractivity contribution in [2.75, 3.05) is 0 Å². The zero-order valence-electron chi connectivity index (χ0n) is 11.3. The van der Waals surface area contributed by atoms with E-state index in [1.54, 1.807) is 12.1 Å². The van der Waals surface area contributed by atoms with Gasteiger partial charge in [-0.3, -0.25) is 0 Å². The normalized spacial score (nSPS) is 18.0. The lowest BCUT2D eigenvalue weighted by Crippen LogP contribution is -2.21. The molecule has 4 rings (SSSR count). The van der Waals surface area contributed by atoms with Gasteiger partial charge in [-0.2, -0.15) is 0 Å². The lowest BCUT2D eigenvalue weighted by molar-refractivity contribution is 0.416. The Morgan fingerprint density at radius 1 is 0.762 bits per heavy atom. The minimum Gasteiger partial charge on any atom is -0.508 e. The second kappa shape index (κ2) is 4.75. The molecule has 0 unspecified atom stereocenters. The van der Waals surface area contributed by atoms with Crippen LogP contribution in [0.15, 0.2) is 24.3 Å². The molecular weight excluding hydrogens is 490 g/mol. The van der Waals surface area contributed by atoms with Crippen LogP contribution in [-0.2, 0) is 18.3 Å². The zero-order valence-corrected chi connectivity index (χ0v) is 15.6. The highest BCUT2D eigenvalue weighted by Crippen LogP contribution is 2.58. The van der Waals surface area contributed by atoms with Crippen molar-refractivity contribution in [1.82, 2.24) is 0 Å². The van der Waals surface area contributed by atoms with Gasteiger partial charge in [-0.25, -0.2) is 0 Å². The van der Waals surface area contributed by atoms with Crippen LogP contribution >= 0.6 is 45.2 Å². The topological polar surface area (TPSA) is 40.5 Å². The molecule has 2 aliphatic rings. The van der Waals surface area contributed by atoms with Gasteiger partial charge in [0.15, 0.2) is 0 Å². The van der Waals surface area contributed by atoms with Crippen LogP contribution in [0.4, 0.5) is 0 Å². The fourth-order valence-corrected chi connectivity index (χ4v) is 5.64. The first-order chi connectivity index (χ1) is 10.0. The summed E-state index contributed by atoms with van der Waals surface area (Å²) in [6, 6.07) is 7.57. The van der Waals surface area contributed by atoms with Crippen LogP contribution in [0.2, 0.25) is 0 Å². The summed E-state index contributed by atoms with van der Waals surface area (Å²) in [5, 5.41) is 21.0. The first-order valence-corrected chi connectivity index (χ1v) is 9.22. The Morgan fingerprint density at radius 3 is 1.62 bits per heavy atom. The van der Waals surface area contributed by atoms with Crippen molar-refractivity contribution in [1.29, 1.82) is 0 Å². The molecule has 1 spiro atoms. The number of phenols is 2. The summed E-state index contributed by atoms with van der Waals surface area (Å²) in [6.07, 6.45) is 3.92. The minimum atomic E-state index is -0.193. The summed E-state index contributed by atoms with van der Waals surface area (Å²) in [7, 11) is 0. The molecule has 21 heavy (non-hydrogen) atoms. The van der Waals surface area contributed by atoms with Gasteiger partial charge in [-0.05, 0) is 106 Å². The summed E-state index contributed by atoms with van der Waals surface area (Å²) in [6.45, 7) is 0. The summed E-state index contributed by atoms with van der Waals surface area (Å²) < 4.78 is 2.44. The van der Waals surface area contributed by atoms with E-state index in [9.17, 15) is 10.2 Å². The number of hydrogen-bond donors (Lipinski definition) is 2. The van der Waals surface area contributed by atoms with Gasteiger partial charge in [-0.1, -0.05) is 0 Å². The van der Waals surface area contributed by atoms with Crippen molar-refractivity contribution >= 4 is 45.2 Å². The van der Waals surface area contributed by atoms with Crippen LogP contribution in [0.3, 0.4) is 0 Å². The Balaban J connectivity index is 2.05. The fourth-order valence-electron chi connectivity index (χ4n) is 4.20.